The van der Waals surface area contributed by atoms with E-state index in [0.29, 0.717) is 13.2 Å². The molecular formula is C13H21NO2S. The summed E-state index contributed by atoms with van der Waals surface area (Å²) in [6.45, 7) is 3.00. The fourth-order valence-electron chi connectivity index (χ4n) is 1.51. The number of ether oxygens (including phenoxy) is 1. The fraction of sp³-hybridized carbons (Fsp3) is 0.538. The number of rotatable bonds is 8. The van der Waals surface area contributed by atoms with Gasteiger partial charge in [0.15, 0.2) is 0 Å². The van der Waals surface area contributed by atoms with Crippen LogP contribution in [0.4, 0.5) is 0 Å². The molecule has 1 aromatic carbocycles. The largest absolute Gasteiger partial charge is 0.394 e. The van der Waals surface area contributed by atoms with E-state index in [-0.39, 0.29) is 6.61 Å². The number of nitrogens with zero attached hydrogens (tertiary/aromatic N) is 1. The Morgan fingerprint density at radius 3 is 2.53 bits per heavy atom. The Morgan fingerprint density at radius 1 is 1.24 bits per heavy atom. The van der Waals surface area contributed by atoms with Gasteiger partial charge in [0.2, 0.25) is 0 Å². The van der Waals surface area contributed by atoms with Crippen LogP contribution in [0.5, 0.6) is 0 Å². The third kappa shape index (κ3) is 6.07. The predicted octanol–water partition coefficient (Wildman–Crippen LogP) is 1.85. The molecule has 0 amide bonds. The van der Waals surface area contributed by atoms with E-state index in [0.717, 1.165) is 13.1 Å². The second-order valence-electron chi connectivity index (χ2n) is 3.92. The van der Waals surface area contributed by atoms with E-state index < -0.39 is 0 Å². The molecule has 1 rings (SSSR count). The third-order valence-corrected chi connectivity index (χ3v) is 3.21. The molecule has 0 radical (unpaired) electrons. The number of hydrogen-bond donors (Lipinski definition) is 1. The van der Waals surface area contributed by atoms with Gasteiger partial charge in [0.1, 0.15) is 0 Å². The summed E-state index contributed by atoms with van der Waals surface area (Å²) in [4.78, 5) is 3.51. The minimum atomic E-state index is 0.0971. The molecule has 0 saturated carbocycles. The molecule has 1 N–H and O–H groups in total. The number of thioether (sulfide) groups is 1. The summed E-state index contributed by atoms with van der Waals surface area (Å²) < 4.78 is 5.23. The topological polar surface area (TPSA) is 32.7 Å². The normalized spacial score (nSPS) is 11.1. The Balaban J connectivity index is 2.26. The Morgan fingerprint density at radius 2 is 1.94 bits per heavy atom. The van der Waals surface area contributed by atoms with Gasteiger partial charge in [-0.15, -0.1) is 11.8 Å². The minimum absolute atomic E-state index is 0.0971. The highest BCUT2D eigenvalue weighted by Crippen LogP contribution is 2.15. The number of aliphatic hydroxyl groups excluding tert-OH is 1. The average molecular weight is 255 g/mol. The molecule has 0 bridgehead atoms. The summed E-state index contributed by atoms with van der Waals surface area (Å²) in [6.07, 6.45) is 2.08. The first-order valence-electron chi connectivity index (χ1n) is 5.76. The number of benzene rings is 1. The quantitative estimate of drug-likeness (QED) is 0.567. The summed E-state index contributed by atoms with van der Waals surface area (Å²) in [7, 11) is 2.07. The first-order chi connectivity index (χ1) is 8.26. The molecule has 1 aromatic rings. The predicted molar refractivity (Wildman–Crippen MR) is 72.5 cm³/mol. The molecule has 0 aliphatic heterocycles. The maximum Gasteiger partial charge on any atom is 0.0698 e. The summed E-state index contributed by atoms with van der Waals surface area (Å²) in [5, 5.41) is 8.58. The second kappa shape index (κ2) is 8.53. The second-order valence-corrected chi connectivity index (χ2v) is 4.80. The van der Waals surface area contributed by atoms with Gasteiger partial charge < -0.3 is 9.84 Å². The van der Waals surface area contributed by atoms with Gasteiger partial charge in [-0.05, 0) is 31.0 Å². The molecule has 0 saturated heterocycles. The highest BCUT2D eigenvalue weighted by Gasteiger charge is 2.00. The molecule has 3 nitrogen and oxygen atoms in total. The highest BCUT2D eigenvalue weighted by molar-refractivity contribution is 7.98. The summed E-state index contributed by atoms with van der Waals surface area (Å²) in [6, 6.07) is 8.63. The van der Waals surface area contributed by atoms with Gasteiger partial charge in [-0.25, -0.2) is 0 Å². The van der Waals surface area contributed by atoms with Crippen LogP contribution in [0, 0.1) is 0 Å². The van der Waals surface area contributed by atoms with E-state index in [2.05, 4.69) is 42.5 Å². The van der Waals surface area contributed by atoms with Crippen molar-refractivity contribution in [2.45, 2.75) is 11.4 Å². The van der Waals surface area contributed by atoms with Gasteiger partial charge in [-0.3, -0.25) is 4.90 Å². The van der Waals surface area contributed by atoms with Crippen LogP contribution in [-0.2, 0) is 11.3 Å². The Labute approximate surface area is 108 Å². The van der Waals surface area contributed by atoms with Crippen molar-refractivity contribution in [3.05, 3.63) is 29.8 Å². The van der Waals surface area contributed by atoms with Crippen molar-refractivity contribution in [1.82, 2.24) is 4.90 Å². The van der Waals surface area contributed by atoms with Crippen LogP contribution in [0.1, 0.15) is 5.56 Å². The Hall–Kier alpha value is -0.550. The first-order valence-corrected chi connectivity index (χ1v) is 6.99. The zero-order valence-electron chi connectivity index (χ0n) is 10.6. The lowest BCUT2D eigenvalue weighted by Gasteiger charge is -2.16. The monoisotopic (exact) mass is 255 g/mol. The molecule has 17 heavy (non-hydrogen) atoms. The van der Waals surface area contributed by atoms with Crippen molar-refractivity contribution in [3.8, 4) is 0 Å². The van der Waals surface area contributed by atoms with Gasteiger partial charge in [0.25, 0.3) is 0 Å². The van der Waals surface area contributed by atoms with Gasteiger partial charge in [-0.1, -0.05) is 12.1 Å². The number of aliphatic hydroxyl groups is 1. The van der Waals surface area contributed by atoms with Gasteiger partial charge in [0, 0.05) is 18.0 Å². The van der Waals surface area contributed by atoms with Crippen LogP contribution in [0.15, 0.2) is 29.2 Å². The van der Waals surface area contributed by atoms with Crippen molar-refractivity contribution in [1.29, 1.82) is 0 Å². The molecule has 0 aliphatic rings. The van der Waals surface area contributed by atoms with Gasteiger partial charge >= 0.3 is 0 Å². The summed E-state index contributed by atoms with van der Waals surface area (Å²) in [5.41, 5.74) is 1.31. The molecule has 0 aromatic heterocycles. The molecule has 0 atom stereocenters. The molecule has 0 aliphatic carbocycles. The number of hydrogen-bond acceptors (Lipinski definition) is 4. The van der Waals surface area contributed by atoms with Crippen LogP contribution in [0.2, 0.25) is 0 Å². The van der Waals surface area contributed by atoms with Crippen LogP contribution in [0.3, 0.4) is 0 Å². The fourth-order valence-corrected chi connectivity index (χ4v) is 1.92. The lowest BCUT2D eigenvalue weighted by Crippen LogP contribution is -2.23. The van der Waals surface area contributed by atoms with Crippen LogP contribution < -0.4 is 0 Å². The van der Waals surface area contributed by atoms with Crippen LogP contribution >= 0.6 is 11.8 Å². The van der Waals surface area contributed by atoms with Gasteiger partial charge in [0.05, 0.1) is 19.8 Å². The minimum Gasteiger partial charge on any atom is -0.394 e. The van der Waals surface area contributed by atoms with Crippen LogP contribution in [0.25, 0.3) is 0 Å². The zero-order valence-corrected chi connectivity index (χ0v) is 11.4. The van der Waals surface area contributed by atoms with Crippen LogP contribution in [-0.4, -0.2) is 49.7 Å². The molecule has 0 unspecified atom stereocenters. The van der Waals surface area contributed by atoms with E-state index in [1.807, 2.05) is 0 Å². The standard InChI is InChI=1S/C13H21NO2S/c1-14(7-9-16-10-8-15)11-12-3-5-13(17-2)6-4-12/h3-6,15H,7-11H2,1-2H3. The van der Waals surface area contributed by atoms with E-state index in [1.165, 1.54) is 10.5 Å². The maximum atomic E-state index is 8.58. The maximum absolute atomic E-state index is 8.58. The van der Waals surface area contributed by atoms with Crippen molar-refractivity contribution in [2.75, 3.05) is 39.7 Å². The van der Waals surface area contributed by atoms with Gasteiger partial charge in [-0.2, -0.15) is 0 Å². The molecule has 0 fully saturated rings. The molecule has 0 spiro atoms. The zero-order chi connectivity index (χ0) is 12.5. The van der Waals surface area contributed by atoms with E-state index in [1.54, 1.807) is 11.8 Å². The smallest absolute Gasteiger partial charge is 0.0698 e. The van der Waals surface area contributed by atoms with Crippen molar-refractivity contribution in [2.24, 2.45) is 0 Å². The lowest BCUT2D eigenvalue weighted by molar-refractivity contribution is 0.0773. The van der Waals surface area contributed by atoms with Crippen molar-refractivity contribution >= 4 is 11.8 Å². The Kier molecular flexibility index (Phi) is 7.28. The highest BCUT2D eigenvalue weighted by atomic mass is 32.2. The molecule has 0 heterocycles. The average Bonchev–Trinajstić information content (AvgIpc) is 2.36. The van der Waals surface area contributed by atoms with E-state index >= 15 is 0 Å². The molecular weight excluding hydrogens is 234 g/mol. The first kappa shape index (κ1) is 14.5. The lowest BCUT2D eigenvalue weighted by atomic mass is 10.2. The molecule has 96 valence electrons. The third-order valence-electron chi connectivity index (χ3n) is 2.46. The SMILES string of the molecule is CSc1ccc(CN(C)CCOCCO)cc1. The summed E-state index contributed by atoms with van der Waals surface area (Å²) >= 11 is 1.76. The van der Waals surface area contributed by atoms with Crippen molar-refractivity contribution in [3.63, 3.8) is 0 Å². The van der Waals surface area contributed by atoms with E-state index in [9.17, 15) is 0 Å². The molecule has 4 heteroatoms. The van der Waals surface area contributed by atoms with Crippen molar-refractivity contribution < 1.29 is 9.84 Å². The Bertz CT molecular complexity index is 303. The van der Waals surface area contributed by atoms with E-state index in [4.69, 9.17) is 9.84 Å². The number of likely N-dealkylation sites (N-methyl/N-ethyl adjacent to an activating group) is 1. The summed E-state index contributed by atoms with van der Waals surface area (Å²) in [5.74, 6) is 0.